The Balaban J connectivity index is 3.13. The van der Waals surface area contributed by atoms with E-state index < -0.39 is 0 Å². The van der Waals surface area contributed by atoms with Crippen molar-refractivity contribution in [2.75, 3.05) is 6.54 Å². The molecule has 2 nitrogen and oxygen atoms in total. The predicted octanol–water partition coefficient (Wildman–Crippen LogP) is 7.73. The van der Waals surface area contributed by atoms with Gasteiger partial charge in [0.15, 0.2) is 0 Å². The van der Waals surface area contributed by atoms with Crippen LogP contribution in [-0.4, -0.2) is 12.3 Å². The standard InChI is InChI=1S/C24H49NO/c1-2-3-4-5-6-9-12-15-18-21-24(26)22-19-16-13-10-7-8-11-14-17-20-23-25/h2-23,25H2,1H3. The summed E-state index contributed by atoms with van der Waals surface area (Å²) >= 11 is 0. The highest BCUT2D eigenvalue weighted by Gasteiger charge is 2.02. The Bertz CT molecular complexity index is 277. The molecule has 0 aromatic heterocycles. The second kappa shape index (κ2) is 22.7. The van der Waals surface area contributed by atoms with Crippen molar-refractivity contribution in [1.29, 1.82) is 0 Å². The third-order valence-electron chi connectivity index (χ3n) is 5.47. The Labute approximate surface area is 165 Å². The third kappa shape index (κ3) is 21.7. The molecule has 0 aliphatic heterocycles. The number of unbranched alkanes of at least 4 members (excludes halogenated alkanes) is 17. The van der Waals surface area contributed by atoms with Crippen LogP contribution in [0, 0.1) is 0 Å². The molecule has 0 fully saturated rings. The number of carbonyl (C=O) groups excluding carboxylic acids is 1. The Hall–Kier alpha value is -0.370. The summed E-state index contributed by atoms with van der Waals surface area (Å²) in [5.41, 5.74) is 5.50. The minimum atomic E-state index is 0.507. The Morgan fingerprint density at radius 3 is 1.15 bits per heavy atom. The van der Waals surface area contributed by atoms with E-state index in [1.54, 1.807) is 0 Å². The first-order valence-electron chi connectivity index (χ1n) is 12.0. The topological polar surface area (TPSA) is 43.1 Å². The molecular weight excluding hydrogens is 318 g/mol. The molecule has 0 spiro atoms. The monoisotopic (exact) mass is 367 g/mol. The average Bonchev–Trinajstić information content (AvgIpc) is 2.64. The number of carbonyl (C=O) groups is 1. The number of rotatable bonds is 22. The zero-order valence-corrected chi connectivity index (χ0v) is 18.0. The van der Waals surface area contributed by atoms with Crippen molar-refractivity contribution in [2.45, 2.75) is 142 Å². The van der Waals surface area contributed by atoms with Gasteiger partial charge in [0, 0.05) is 12.8 Å². The van der Waals surface area contributed by atoms with E-state index >= 15 is 0 Å². The molecule has 26 heavy (non-hydrogen) atoms. The van der Waals surface area contributed by atoms with E-state index in [4.69, 9.17) is 5.73 Å². The van der Waals surface area contributed by atoms with Crippen molar-refractivity contribution in [2.24, 2.45) is 5.73 Å². The molecule has 0 atom stereocenters. The molecule has 0 aliphatic rings. The molecule has 0 aliphatic carbocycles. The Morgan fingerprint density at radius 2 is 0.808 bits per heavy atom. The van der Waals surface area contributed by atoms with E-state index in [1.807, 2.05) is 0 Å². The molecule has 2 heteroatoms. The van der Waals surface area contributed by atoms with Crippen LogP contribution >= 0.6 is 0 Å². The van der Waals surface area contributed by atoms with Crippen LogP contribution in [0.1, 0.15) is 142 Å². The van der Waals surface area contributed by atoms with Crippen LogP contribution < -0.4 is 5.73 Å². The minimum Gasteiger partial charge on any atom is -0.330 e. The lowest BCUT2D eigenvalue weighted by Crippen LogP contribution is -1.97. The van der Waals surface area contributed by atoms with Gasteiger partial charge in [0.1, 0.15) is 5.78 Å². The first-order valence-corrected chi connectivity index (χ1v) is 12.0. The fourth-order valence-electron chi connectivity index (χ4n) is 3.64. The molecule has 0 rings (SSSR count). The second-order valence-electron chi connectivity index (χ2n) is 8.19. The van der Waals surface area contributed by atoms with Gasteiger partial charge in [-0.25, -0.2) is 0 Å². The van der Waals surface area contributed by atoms with Gasteiger partial charge in [-0.1, -0.05) is 110 Å². The Morgan fingerprint density at radius 1 is 0.500 bits per heavy atom. The summed E-state index contributed by atoms with van der Waals surface area (Å²) in [7, 11) is 0. The molecule has 0 bridgehead atoms. The molecule has 0 radical (unpaired) electrons. The lowest BCUT2D eigenvalue weighted by molar-refractivity contribution is -0.119. The van der Waals surface area contributed by atoms with Gasteiger partial charge in [-0.15, -0.1) is 0 Å². The van der Waals surface area contributed by atoms with Gasteiger partial charge < -0.3 is 5.73 Å². The van der Waals surface area contributed by atoms with Crippen LogP contribution in [-0.2, 0) is 4.79 Å². The summed E-state index contributed by atoms with van der Waals surface area (Å²) in [5, 5.41) is 0. The van der Waals surface area contributed by atoms with Gasteiger partial charge >= 0.3 is 0 Å². The van der Waals surface area contributed by atoms with Crippen molar-refractivity contribution < 1.29 is 4.79 Å². The first kappa shape index (κ1) is 25.6. The summed E-state index contributed by atoms with van der Waals surface area (Å²) in [6, 6.07) is 0. The van der Waals surface area contributed by atoms with Crippen molar-refractivity contribution in [1.82, 2.24) is 0 Å². The molecule has 0 aromatic carbocycles. The number of nitrogens with two attached hydrogens (primary N) is 1. The van der Waals surface area contributed by atoms with E-state index in [0.29, 0.717) is 5.78 Å². The normalized spacial score (nSPS) is 11.2. The van der Waals surface area contributed by atoms with E-state index in [-0.39, 0.29) is 0 Å². The van der Waals surface area contributed by atoms with Crippen molar-refractivity contribution in [3.8, 4) is 0 Å². The van der Waals surface area contributed by atoms with E-state index in [2.05, 4.69) is 6.92 Å². The molecule has 0 saturated heterocycles. The fourth-order valence-corrected chi connectivity index (χ4v) is 3.64. The molecule has 0 heterocycles. The highest BCUT2D eigenvalue weighted by molar-refractivity contribution is 5.78. The minimum absolute atomic E-state index is 0.507. The molecule has 0 saturated carbocycles. The highest BCUT2D eigenvalue weighted by atomic mass is 16.1. The quantitative estimate of drug-likeness (QED) is 0.199. The number of hydrogen-bond acceptors (Lipinski definition) is 2. The maximum atomic E-state index is 11.9. The largest absolute Gasteiger partial charge is 0.330 e. The molecule has 2 N–H and O–H groups in total. The van der Waals surface area contributed by atoms with Crippen LogP contribution in [0.2, 0.25) is 0 Å². The van der Waals surface area contributed by atoms with Gasteiger partial charge in [-0.05, 0) is 25.8 Å². The Kier molecular flexibility index (Phi) is 22.3. The van der Waals surface area contributed by atoms with Gasteiger partial charge in [0.25, 0.3) is 0 Å². The van der Waals surface area contributed by atoms with Crippen LogP contribution in [0.15, 0.2) is 0 Å². The van der Waals surface area contributed by atoms with E-state index in [1.165, 1.54) is 109 Å². The summed E-state index contributed by atoms with van der Waals surface area (Å²) in [6.07, 6.45) is 26.6. The van der Waals surface area contributed by atoms with Crippen molar-refractivity contribution in [3.63, 3.8) is 0 Å². The molecule has 0 aromatic rings. The van der Waals surface area contributed by atoms with E-state index in [9.17, 15) is 4.79 Å². The SMILES string of the molecule is CCCCCCCCCCCC(=O)CCCCCCCCCCCCN. The predicted molar refractivity (Wildman–Crippen MR) is 117 cm³/mol. The molecule has 0 unspecified atom stereocenters. The maximum Gasteiger partial charge on any atom is 0.132 e. The van der Waals surface area contributed by atoms with Crippen LogP contribution in [0.5, 0.6) is 0 Å². The highest BCUT2D eigenvalue weighted by Crippen LogP contribution is 2.13. The number of Topliss-reactive ketones (excluding diaryl/α,β-unsaturated/α-hetero) is 1. The van der Waals surface area contributed by atoms with Gasteiger partial charge in [-0.2, -0.15) is 0 Å². The zero-order valence-electron chi connectivity index (χ0n) is 18.0. The second-order valence-corrected chi connectivity index (χ2v) is 8.19. The lowest BCUT2D eigenvalue weighted by Gasteiger charge is -2.04. The number of hydrogen-bond donors (Lipinski definition) is 1. The van der Waals surface area contributed by atoms with Crippen molar-refractivity contribution >= 4 is 5.78 Å². The molecule has 156 valence electrons. The lowest BCUT2D eigenvalue weighted by atomic mass is 10.0. The third-order valence-corrected chi connectivity index (χ3v) is 5.47. The first-order chi connectivity index (χ1) is 12.8. The summed E-state index contributed by atoms with van der Waals surface area (Å²) in [5.74, 6) is 0.507. The van der Waals surface area contributed by atoms with Crippen LogP contribution in [0.4, 0.5) is 0 Å². The summed E-state index contributed by atoms with van der Waals surface area (Å²) < 4.78 is 0. The van der Waals surface area contributed by atoms with Gasteiger partial charge in [0.05, 0.1) is 0 Å². The van der Waals surface area contributed by atoms with Gasteiger partial charge in [-0.3, -0.25) is 4.79 Å². The van der Waals surface area contributed by atoms with E-state index in [0.717, 1.165) is 32.2 Å². The van der Waals surface area contributed by atoms with Crippen LogP contribution in [0.25, 0.3) is 0 Å². The molecular formula is C24H49NO. The number of ketones is 1. The molecule has 0 amide bonds. The smallest absolute Gasteiger partial charge is 0.132 e. The van der Waals surface area contributed by atoms with Crippen LogP contribution in [0.3, 0.4) is 0 Å². The fraction of sp³-hybridized carbons (Fsp3) is 0.958. The average molecular weight is 368 g/mol. The maximum absolute atomic E-state index is 11.9. The summed E-state index contributed by atoms with van der Waals surface area (Å²) in [6.45, 7) is 3.11. The van der Waals surface area contributed by atoms with Gasteiger partial charge in [0.2, 0.25) is 0 Å². The van der Waals surface area contributed by atoms with Crippen molar-refractivity contribution in [3.05, 3.63) is 0 Å². The zero-order chi connectivity index (χ0) is 19.1. The summed E-state index contributed by atoms with van der Waals surface area (Å²) in [4.78, 5) is 11.9.